The van der Waals surface area contributed by atoms with Crippen LogP contribution in [0.4, 0.5) is 0 Å². The summed E-state index contributed by atoms with van der Waals surface area (Å²) in [5.74, 6) is 1.80. The molecule has 27 heavy (non-hydrogen) atoms. The van der Waals surface area contributed by atoms with Crippen LogP contribution in [-0.2, 0) is 9.47 Å². The Labute approximate surface area is 160 Å². The highest BCUT2D eigenvalue weighted by molar-refractivity contribution is 5.95. The van der Waals surface area contributed by atoms with E-state index in [1.165, 1.54) is 12.8 Å². The molecule has 1 aliphatic carbocycles. The van der Waals surface area contributed by atoms with Crippen molar-refractivity contribution < 1.29 is 23.7 Å². The number of hydrogen-bond donors (Lipinski definition) is 0. The number of carbonyl (C=O) groups is 1. The number of methoxy groups -OCH3 is 1. The second kappa shape index (κ2) is 8.48. The number of nitrogens with zero attached hydrogens (tertiary/aromatic N) is 1. The quantitative estimate of drug-likeness (QED) is 0.791. The molecule has 6 heteroatoms. The molecule has 148 valence electrons. The van der Waals surface area contributed by atoms with Crippen molar-refractivity contribution in [3.63, 3.8) is 0 Å². The van der Waals surface area contributed by atoms with Gasteiger partial charge in [-0.3, -0.25) is 4.79 Å². The summed E-state index contributed by atoms with van der Waals surface area (Å²) in [5, 5.41) is 0. The first-order valence-electron chi connectivity index (χ1n) is 10.1. The Morgan fingerprint density at radius 1 is 1.04 bits per heavy atom. The Kier molecular flexibility index (Phi) is 5.83. The molecule has 0 aromatic heterocycles. The minimum Gasteiger partial charge on any atom is -0.493 e. The smallest absolute Gasteiger partial charge is 0.253 e. The molecule has 1 saturated carbocycles. The van der Waals surface area contributed by atoms with E-state index in [0.717, 1.165) is 44.5 Å². The number of hydrogen-bond acceptors (Lipinski definition) is 5. The molecule has 1 amide bonds. The zero-order valence-electron chi connectivity index (χ0n) is 16.0. The van der Waals surface area contributed by atoms with Gasteiger partial charge in [-0.1, -0.05) is 0 Å². The molecule has 0 radical (unpaired) electrons. The molecule has 4 rings (SSSR count). The third-order valence-electron chi connectivity index (χ3n) is 5.87. The molecule has 0 bridgehead atoms. The van der Waals surface area contributed by atoms with Crippen LogP contribution in [0.15, 0.2) is 18.2 Å². The van der Waals surface area contributed by atoms with Crippen LogP contribution in [0, 0.1) is 5.92 Å². The number of piperidine rings is 1. The van der Waals surface area contributed by atoms with Crippen LogP contribution in [0.1, 0.15) is 48.9 Å². The van der Waals surface area contributed by atoms with Gasteiger partial charge in [-0.25, -0.2) is 0 Å². The predicted octanol–water partition coefficient (Wildman–Crippen LogP) is 3.24. The van der Waals surface area contributed by atoms with Crippen molar-refractivity contribution in [3.8, 4) is 11.5 Å². The van der Waals surface area contributed by atoms with E-state index in [2.05, 4.69) is 0 Å². The minimum atomic E-state index is -0.0886. The zero-order valence-corrected chi connectivity index (χ0v) is 16.0. The molecule has 3 fully saturated rings. The second-order valence-corrected chi connectivity index (χ2v) is 7.63. The van der Waals surface area contributed by atoms with E-state index in [-0.39, 0.29) is 18.3 Å². The highest BCUT2D eigenvalue weighted by Gasteiger charge is 2.32. The molecule has 2 heterocycles. The molecule has 0 spiro atoms. The fraction of sp³-hybridized carbons (Fsp3) is 0.667. The van der Waals surface area contributed by atoms with E-state index in [1.807, 2.05) is 23.1 Å². The summed E-state index contributed by atoms with van der Waals surface area (Å²) in [5.41, 5.74) is 0.650. The fourth-order valence-corrected chi connectivity index (χ4v) is 4.29. The lowest BCUT2D eigenvalue weighted by atomic mass is 9.95. The first-order valence-corrected chi connectivity index (χ1v) is 10.1. The summed E-state index contributed by atoms with van der Waals surface area (Å²) in [7, 11) is 1.62. The number of carbonyl (C=O) groups excluding carboxylic acids is 1. The number of benzene rings is 1. The molecule has 3 aliphatic rings. The third-order valence-corrected chi connectivity index (χ3v) is 5.87. The van der Waals surface area contributed by atoms with E-state index < -0.39 is 0 Å². The standard InChI is InChI=1S/C21H29NO5/c1-24-19-14-16(6-7-18(19)27-17-4-2-3-5-17)20(23)22-10-8-15(9-11-22)21-25-12-13-26-21/h6-7,14-15,17,21H,2-5,8-13H2,1H3. The number of ether oxygens (including phenoxy) is 4. The Morgan fingerprint density at radius 2 is 1.74 bits per heavy atom. The van der Waals surface area contributed by atoms with Crippen LogP contribution in [0.5, 0.6) is 11.5 Å². The van der Waals surface area contributed by atoms with Gasteiger partial charge < -0.3 is 23.8 Å². The largest absolute Gasteiger partial charge is 0.493 e. The van der Waals surface area contributed by atoms with Gasteiger partial charge >= 0.3 is 0 Å². The van der Waals surface area contributed by atoms with Gasteiger partial charge in [-0.2, -0.15) is 0 Å². The summed E-state index contributed by atoms with van der Waals surface area (Å²) < 4.78 is 22.8. The van der Waals surface area contributed by atoms with Crippen LogP contribution in [-0.4, -0.2) is 56.6 Å². The van der Waals surface area contributed by atoms with E-state index >= 15 is 0 Å². The average molecular weight is 375 g/mol. The van der Waals surface area contributed by atoms with E-state index in [9.17, 15) is 4.79 Å². The van der Waals surface area contributed by atoms with Crippen molar-refractivity contribution in [2.45, 2.75) is 50.9 Å². The molecule has 0 unspecified atom stereocenters. The number of rotatable bonds is 5. The maximum absolute atomic E-state index is 12.9. The van der Waals surface area contributed by atoms with Gasteiger partial charge in [0.2, 0.25) is 0 Å². The fourth-order valence-electron chi connectivity index (χ4n) is 4.29. The molecule has 1 aromatic rings. The normalized spacial score (nSPS) is 22.3. The first kappa shape index (κ1) is 18.6. The molecule has 2 aliphatic heterocycles. The maximum atomic E-state index is 12.9. The van der Waals surface area contributed by atoms with Gasteiger partial charge in [-0.15, -0.1) is 0 Å². The highest BCUT2D eigenvalue weighted by Crippen LogP contribution is 2.33. The SMILES string of the molecule is COc1cc(C(=O)N2CCC(C3OCCO3)CC2)ccc1OC1CCCC1. The van der Waals surface area contributed by atoms with E-state index in [4.69, 9.17) is 18.9 Å². The summed E-state index contributed by atoms with van der Waals surface area (Å²) in [6, 6.07) is 5.53. The first-order chi connectivity index (χ1) is 13.2. The Morgan fingerprint density at radius 3 is 2.41 bits per heavy atom. The minimum absolute atomic E-state index is 0.0485. The number of amides is 1. The third kappa shape index (κ3) is 4.22. The van der Waals surface area contributed by atoms with Crippen molar-refractivity contribution in [1.29, 1.82) is 0 Å². The molecule has 0 atom stereocenters. The molecule has 6 nitrogen and oxygen atoms in total. The van der Waals surface area contributed by atoms with Crippen molar-refractivity contribution in [1.82, 2.24) is 4.90 Å². The maximum Gasteiger partial charge on any atom is 0.253 e. The Balaban J connectivity index is 1.38. The van der Waals surface area contributed by atoms with Gasteiger partial charge in [-0.05, 0) is 56.7 Å². The molecule has 0 N–H and O–H groups in total. The van der Waals surface area contributed by atoms with Crippen LogP contribution in [0.2, 0.25) is 0 Å². The lowest BCUT2D eigenvalue weighted by Crippen LogP contribution is -2.41. The van der Waals surface area contributed by atoms with Gasteiger partial charge in [0.05, 0.1) is 26.4 Å². The molecule has 2 saturated heterocycles. The van der Waals surface area contributed by atoms with E-state index in [0.29, 0.717) is 30.4 Å². The van der Waals surface area contributed by atoms with Gasteiger partial charge in [0.25, 0.3) is 5.91 Å². The van der Waals surface area contributed by atoms with Crippen molar-refractivity contribution in [2.24, 2.45) is 5.92 Å². The Hall–Kier alpha value is -1.79. The second-order valence-electron chi connectivity index (χ2n) is 7.63. The summed E-state index contributed by atoms with van der Waals surface area (Å²) in [6.07, 6.45) is 6.62. The van der Waals surface area contributed by atoms with Gasteiger partial charge in [0.15, 0.2) is 17.8 Å². The highest BCUT2D eigenvalue weighted by atomic mass is 16.7. The average Bonchev–Trinajstić information content (AvgIpc) is 3.42. The van der Waals surface area contributed by atoms with Crippen LogP contribution >= 0.6 is 0 Å². The van der Waals surface area contributed by atoms with Gasteiger partial charge in [0.1, 0.15) is 0 Å². The molecular weight excluding hydrogens is 346 g/mol. The lowest BCUT2D eigenvalue weighted by Gasteiger charge is -2.34. The van der Waals surface area contributed by atoms with Crippen molar-refractivity contribution >= 4 is 5.91 Å². The van der Waals surface area contributed by atoms with Crippen molar-refractivity contribution in [3.05, 3.63) is 23.8 Å². The molecular formula is C21H29NO5. The summed E-state index contributed by atoms with van der Waals surface area (Å²) >= 11 is 0. The number of likely N-dealkylation sites (tertiary alicyclic amines) is 1. The zero-order chi connectivity index (χ0) is 18.6. The lowest BCUT2D eigenvalue weighted by molar-refractivity contribution is -0.0956. The topological polar surface area (TPSA) is 57.2 Å². The predicted molar refractivity (Wildman–Crippen MR) is 100 cm³/mol. The van der Waals surface area contributed by atoms with Crippen molar-refractivity contribution in [2.75, 3.05) is 33.4 Å². The summed E-state index contributed by atoms with van der Waals surface area (Å²) in [4.78, 5) is 14.8. The van der Waals surface area contributed by atoms with Crippen LogP contribution in [0.25, 0.3) is 0 Å². The van der Waals surface area contributed by atoms with E-state index in [1.54, 1.807) is 7.11 Å². The molecule has 1 aromatic carbocycles. The summed E-state index contributed by atoms with van der Waals surface area (Å²) in [6.45, 7) is 2.82. The monoisotopic (exact) mass is 375 g/mol. The Bertz CT molecular complexity index is 644. The van der Waals surface area contributed by atoms with Gasteiger partial charge in [0, 0.05) is 24.6 Å². The van der Waals surface area contributed by atoms with Crippen LogP contribution < -0.4 is 9.47 Å². The van der Waals surface area contributed by atoms with Crippen LogP contribution in [0.3, 0.4) is 0 Å².